The van der Waals surface area contributed by atoms with Crippen LogP contribution in [0.4, 0.5) is 0 Å². The predicted molar refractivity (Wildman–Crippen MR) is 156 cm³/mol. The topological polar surface area (TPSA) is 108 Å². The van der Waals surface area contributed by atoms with Crippen LogP contribution >= 0.6 is 11.8 Å². The summed E-state index contributed by atoms with van der Waals surface area (Å²) in [5, 5.41) is 13.5. The van der Waals surface area contributed by atoms with Gasteiger partial charge in [0.2, 0.25) is 0 Å². The molecule has 4 aromatic rings. The number of nitrogens with one attached hydrogen (secondary N) is 1. The second kappa shape index (κ2) is 12.6. The zero-order chi connectivity index (χ0) is 28.7. The van der Waals surface area contributed by atoms with E-state index in [0.29, 0.717) is 16.5 Å². The van der Waals surface area contributed by atoms with E-state index in [9.17, 15) is 9.59 Å². The molecular weight excluding hydrogens is 526 g/mol. The Labute approximate surface area is 237 Å². The van der Waals surface area contributed by atoms with E-state index in [1.807, 2.05) is 41.0 Å². The van der Waals surface area contributed by atoms with Crippen molar-refractivity contribution in [1.29, 1.82) is 0 Å². The summed E-state index contributed by atoms with van der Waals surface area (Å²) < 4.78 is 11.9. The maximum absolute atomic E-state index is 12.5. The van der Waals surface area contributed by atoms with Crippen LogP contribution in [0.5, 0.6) is 5.75 Å². The Morgan fingerprint density at radius 2 is 1.62 bits per heavy atom. The van der Waals surface area contributed by atoms with Gasteiger partial charge in [-0.15, -0.1) is 10.2 Å². The summed E-state index contributed by atoms with van der Waals surface area (Å²) in [6, 6.07) is 22.6. The molecule has 0 atom stereocenters. The van der Waals surface area contributed by atoms with Crippen molar-refractivity contribution in [2.24, 2.45) is 5.10 Å². The van der Waals surface area contributed by atoms with Crippen molar-refractivity contribution in [1.82, 2.24) is 20.2 Å². The second-order valence-corrected chi connectivity index (χ2v) is 10.8. The largest absolute Gasteiger partial charge is 0.497 e. The van der Waals surface area contributed by atoms with Gasteiger partial charge >= 0.3 is 5.97 Å². The number of esters is 1. The van der Waals surface area contributed by atoms with Crippen molar-refractivity contribution < 1.29 is 19.1 Å². The van der Waals surface area contributed by atoms with Crippen LogP contribution in [0.1, 0.15) is 42.3 Å². The number of rotatable bonds is 9. The molecule has 1 amide bonds. The number of carbonyl (C=O) groups excluding carboxylic acids is 2. The minimum atomic E-state index is -0.415. The molecule has 0 saturated carbocycles. The van der Waals surface area contributed by atoms with Gasteiger partial charge in [-0.2, -0.15) is 5.10 Å². The third kappa shape index (κ3) is 6.95. The van der Waals surface area contributed by atoms with Crippen molar-refractivity contribution in [3.05, 3.63) is 89.5 Å². The van der Waals surface area contributed by atoms with Crippen LogP contribution in [0.15, 0.2) is 83.1 Å². The maximum atomic E-state index is 12.5. The van der Waals surface area contributed by atoms with Gasteiger partial charge in [0, 0.05) is 11.3 Å². The molecule has 10 heteroatoms. The van der Waals surface area contributed by atoms with Crippen LogP contribution in [0.3, 0.4) is 0 Å². The summed E-state index contributed by atoms with van der Waals surface area (Å²) in [5.74, 6) is 0.769. The van der Waals surface area contributed by atoms with E-state index < -0.39 is 5.97 Å². The zero-order valence-electron chi connectivity index (χ0n) is 23.0. The molecule has 0 aliphatic rings. The Kier molecular flexibility index (Phi) is 9.00. The molecule has 4 rings (SSSR count). The summed E-state index contributed by atoms with van der Waals surface area (Å²) in [5.41, 5.74) is 6.70. The van der Waals surface area contributed by atoms with E-state index in [4.69, 9.17) is 9.47 Å². The molecule has 0 unspecified atom stereocenters. The molecule has 0 aliphatic carbocycles. The number of carbonyl (C=O) groups is 2. The van der Waals surface area contributed by atoms with Gasteiger partial charge < -0.3 is 9.47 Å². The first-order valence-electron chi connectivity index (χ1n) is 12.5. The lowest BCUT2D eigenvalue weighted by atomic mass is 9.87. The number of hydrogen-bond donors (Lipinski definition) is 1. The average molecular weight is 558 g/mol. The molecule has 0 saturated heterocycles. The van der Waals surface area contributed by atoms with Gasteiger partial charge in [-0.3, -0.25) is 9.36 Å². The standard InChI is InChI=1S/C30H31N5O4S/c1-30(2,3)23-12-10-21(11-13-23)27-33-34-29(35(27)24-14-16-25(38-4)17-15-24)40-19-26(36)32-31-18-20-6-8-22(9-7-20)28(37)39-5/h6-18H,19H2,1-5H3,(H,32,36)/b31-18-. The van der Waals surface area contributed by atoms with Crippen molar-refractivity contribution in [2.45, 2.75) is 31.3 Å². The Balaban J connectivity index is 1.50. The van der Waals surface area contributed by atoms with Gasteiger partial charge in [0.1, 0.15) is 5.75 Å². The molecule has 0 bridgehead atoms. The zero-order valence-corrected chi connectivity index (χ0v) is 23.9. The lowest BCUT2D eigenvalue weighted by Gasteiger charge is -2.19. The van der Waals surface area contributed by atoms with Crippen molar-refractivity contribution in [3.8, 4) is 22.8 Å². The summed E-state index contributed by atoms with van der Waals surface area (Å²) in [6.07, 6.45) is 1.50. The Morgan fingerprint density at radius 3 is 2.23 bits per heavy atom. The van der Waals surface area contributed by atoms with Crippen LogP contribution in [0.2, 0.25) is 0 Å². The smallest absolute Gasteiger partial charge is 0.337 e. The summed E-state index contributed by atoms with van der Waals surface area (Å²) in [4.78, 5) is 24.1. The molecular formula is C30H31N5O4S. The fourth-order valence-corrected chi connectivity index (χ4v) is 4.54. The number of ether oxygens (including phenoxy) is 2. The number of hydrazone groups is 1. The third-order valence-electron chi connectivity index (χ3n) is 6.04. The first-order chi connectivity index (χ1) is 19.2. The lowest BCUT2D eigenvalue weighted by Crippen LogP contribution is -2.20. The van der Waals surface area contributed by atoms with Crippen LogP contribution in [0.25, 0.3) is 17.1 Å². The number of hydrogen-bond acceptors (Lipinski definition) is 8. The number of methoxy groups -OCH3 is 2. The first-order valence-corrected chi connectivity index (χ1v) is 13.5. The highest BCUT2D eigenvalue weighted by Crippen LogP contribution is 2.30. The molecule has 206 valence electrons. The van der Waals surface area contributed by atoms with Crippen LogP contribution in [0, 0.1) is 0 Å². The van der Waals surface area contributed by atoms with Crippen LogP contribution < -0.4 is 10.2 Å². The molecule has 0 aliphatic heterocycles. The maximum Gasteiger partial charge on any atom is 0.337 e. The molecule has 1 N–H and O–H groups in total. The lowest BCUT2D eigenvalue weighted by molar-refractivity contribution is -0.118. The molecule has 40 heavy (non-hydrogen) atoms. The van der Waals surface area contributed by atoms with E-state index in [1.165, 1.54) is 30.6 Å². The predicted octanol–water partition coefficient (Wildman–Crippen LogP) is 5.27. The van der Waals surface area contributed by atoms with Crippen molar-refractivity contribution in [3.63, 3.8) is 0 Å². The Morgan fingerprint density at radius 1 is 0.950 bits per heavy atom. The number of benzene rings is 3. The van der Waals surface area contributed by atoms with Gasteiger partial charge in [0.15, 0.2) is 11.0 Å². The average Bonchev–Trinajstić information content (AvgIpc) is 3.39. The summed E-state index contributed by atoms with van der Waals surface area (Å²) in [7, 11) is 2.95. The van der Waals surface area contributed by atoms with Gasteiger partial charge in [-0.05, 0) is 52.9 Å². The SMILES string of the molecule is COC(=O)c1ccc(/C=N\NC(=O)CSc2nnc(-c3ccc(C(C)(C)C)cc3)n2-c2ccc(OC)cc2)cc1. The van der Waals surface area contributed by atoms with Gasteiger partial charge in [0.25, 0.3) is 5.91 Å². The number of nitrogens with zero attached hydrogens (tertiary/aromatic N) is 4. The van der Waals surface area contributed by atoms with E-state index >= 15 is 0 Å². The van der Waals surface area contributed by atoms with Crippen LogP contribution in [-0.2, 0) is 14.9 Å². The van der Waals surface area contributed by atoms with Gasteiger partial charge in [-0.1, -0.05) is 68.9 Å². The molecule has 1 heterocycles. The second-order valence-electron chi connectivity index (χ2n) is 9.86. The summed E-state index contributed by atoms with van der Waals surface area (Å²) in [6.45, 7) is 6.52. The monoisotopic (exact) mass is 557 g/mol. The molecule has 1 aromatic heterocycles. The molecule has 3 aromatic carbocycles. The molecule has 0 radical (unpaired) electrons. The highest BCUT2D eigenvalue weighted by Gasteiger charge is 2.19. The number of aromatic nitrogens is 3. The normalized spacial score (nSPS) is 11.4. The summed E-state index contributed by atoms with van der Waals surface area (Å²) >= 11 is 1.26. The Bertz CT molecular complexity index is 1490. The fourth-order valence-electron chi connectivity index (χ4n) is 3.80. The van der Waals surface area contributed by atoms with Gasteiger partial charge in [-0.25, -0.2) is 10.2 Å². The molecule has 9 nitrogen and oxygen atoms in total. The van der Waals surface area contributed by atoms with E-state index in [1.54, 1.807) is 31.4 Å². The third-order valence-corrected chi connectivity index (χ3v) is 6.97. The Hall–Kier alpha value is -4.44. The quantitative estimate of drug-likeness (QED) is 0.129. The first kappa shape index (κ1) is 28.6. The number of thioether (sulfide) groups is 1. The fraction of sp³-hybridized carbons (Fsp3) is 0.233. The molecule has 0 fully saturated rings. The highest BCUT2D eigenvalue weighted by molar-refractivity contribution is 7.99. The minimum absolute atomic E-state index is 0.0333. The van der Waals surface area contributed by atoms with Gasteiger partial charge in [0.05, 0.1) is 31.8 Å². The number of amides is 1. The molecule has 0 spiro atoms. The highest BCUT2D eigenvalue weighted by atomic mass is 32.2. The minimum Gasteiger partial charge on any atom is -0.497 e. The van der Waals surface area contributed by atoms with Crippen molar-refractivity contribution >= 4 is 29.9 Å². The van der Waals surface area contributed by atoms with E-state index in [-0.39, 0.29) is 17.1 Å². The van der Waals surface area contributed by atoms with Crippen LogP contribution in [-0.4, -0.2) is 52.8 Å². The van der Waals surface area contributed by atoms with E-state index in [0.717, 1.165) is 22.6 Å². The van der Waals surface area contributed by atoms with Crippen molar-refractivity contribution in [2.75, 3.05) is 20.0 Å². The van der Waals surface area contributed by atoms with E-state index in [2.05, 4.69) is 53.6 Å².